The van der Waals surface area contributed by atoms with Crippen molar-refractivity contribution in [3.8, 4) is 0 Å². The quantitative estimate of drug-likeness (QED) is 0.547. The van der Waals surface area contributed by atoms with Crippen LogP contribution in [-0.2, 0) is 0 Å². The lowest BCUT2D eigenvalue weighted by molar-refractivity contribution is 0.327. The van der Waals surface area contributed by atoms with Crippen molar-refractivity contribution in [2.45, 2.75) is 25.8 Å². The van der Waals surface area contributed by atoms with Crippen LogP contribution in [-0.4, -0.2) is 35.8 Å². The Balaban J connectivity index is 3.50. The monoisotopic (exact) mass is 159 g/mol. The molecule has 0 amide bonds. The molecule has 0 spiro atoms. The summed E-state index contributed by atoms with van der Waals surface area (Å²) in [6.07, 6.45) is 1.36. The Hall–Kier alpha value is 0.177. The first-order chi connectivity index (χ1) is 4.57. The fraction of sp³-hybridized carbons (Fsp3) is 1.00. The van der Waals surface area contributed by atoms with Gasteiger partial charge in [-0.2, -0.15) is 0 Å². The minimum atomic E-state index is 0.895. The zero-order valence-electron chi connectivity index (χ0n) is 8.02. The molecule has 1 nitrogen and oxygen atoms in total. The molecule has 0 radical (unpaired) electrons. The predicted molar refractivity (Wildman–Crippen MR) is 51.7 cm³/mol. The first-order valence-corrected chi connectivity index (χ1v) is 5.38. The van der Waals surface area contributed by atoms with Crippen LogP contribution < -0.4 is 0 Å². The molecule has 0 N–H and O–H groups in total. The van der Waals surface area contributed by atoms with Gasteiger partial charge in [-0.3, -0.25) is 0 Å². The average molecular weight is 159 g/mol. The molecule has 2 atom stereocenters. The van der Waals surface area contributed by atoms with Gasteiger partial charge in [-0.15, -0.1) is 0 Å². The molecule has 0 aromatic heterocycles. The molecular formula is C8H21NSi. The first kappa shape index (κ1) is 10.2. The molecule has 0 bridgehead atoms. The largest absolute Gasteiger partial charge is 0.309 e. The lowest BCUT2D eigenvalue weighted by atomic mass is 10.1. The van der Waals surface area contributed by atoms with Gasteiger partial charge in [0.2, 0.25) is 0 Å². The third-order valence-electron chi connectivity index (χ3n) is 2.27. The zero-order valence-corrected chi connectivity index (χ0v) is 10.0. The summed E-state index contributed by atoms with van der Waals surface area (Å²) in [4.78, 5) is 2.28. The van der Waals surface area contributed by atoms with E-state index in [0.29, 0.717) is 0 Å². The van der Waals surface area contributed by atoms with Crippen molar-refractivity contribution >= 4 is 10.2 Å². The Morgan fingerprint density at radius 1 is 1.40 bits per heavy atom. The molecule has 0 heterocycles. The maximum atomic E-state index is 2.36. The third-order valence-corrected chi connectivity index (χ3v) is 4.22. The smallest absolute Gasteiger partial charge is 0.00711 e. The molecular weight excluding hydrogens is 138 g/mol. The summed E-state index contributed by atoms with van der Waals surface area (Å²) < 4.78 is 0. The molecule has 0 rings (SSSR count). The van der Waals surface area contributed by atoms with Gasteiger partial charge in [0.1, 0.15) is 0 Å². The van der Waals surface area contributed by atoms with E-state index in [1.165, 1.54) is 23.2 Å². The molecule has 0 saturated heterocycles. The van der Waals surface area contributed by atoms with Crippen LogP contribution >= 0.6 is 0 Å². The van der Waals surface area contributed by atoms with Crippen molar-refractivity contribution in [2.24, 2.45) is 5.92 Å². The molecule has 62 valence electrons. The highest BCUT2D eigenvalue weighted by Gasteiger charge is 2.09. The lowest BCUT2D eigenvalue weighted by Crippen LogP contribution is -2.22. The summed E-state index contributed by atoms with van der Waals surface area (Å²) in [6, 6.07) is 0. The second-order valence-electron chi connectivity index (χ2n) is 3.63. The maximum absolute atomic E-state index is 2.36. The second kappa shape index (κ2) is 4.91. The molecule has 0 aliphatic rings. The molecule has 0 aliphatic carbocycles. The Morgan fingerprint density at radius 2 is 1.90 bits per heavy atom. The standard InChI is InChI=1S/C8H21NSi/c1-5-8(10)7(2)6-9(3)4/h7-8H,5-6H2,1-4,10H3. The predicted octanol–water partition coefficient (Wildman–Crippen LogP) is 0.748. The molecule has 2 unspecified atom stereocenters. The molecule has 0 aromatic carbocycles. The van der Waals surface area contributed by atoms with Gasteiger partial charge in [-0.25, -0.2) is 0 Å². The van der Waals surface area contributed by atoms with Gasteiger partial charge in [0.05, 0.1) is 0 Å². The fourth-order valence-electron chi connectivity index (χ4n) is 1.16. The zero-order chi connectivity index (χ0) is 8.15. The van der Waals surface area contributed by atoms with Crippen LogP contribution in [0, 0.1) is 5.92 Å². The van der Waals surface area contributed by atoms with Crippen molar-refractivity contribution in [3.63, 3.8) is 0 Å². The maximum Gasteiger partial charge on any atom is 0.00711 e. The fourth-order valence-corrected chi connectivity index (χ4v) is 1.37. The summed E-state index contributed by atoms with van der Waals surface area (Å²) in [5, 5.41) is 0. The van der Waals surface area contributed by atoms with Crippen molar-refractivity contribution in [1.29, 1.82) is 0 Å². The average Bonchev–Trinajstić information content (AvgIpc) is 1.85. The topological polar surface area (TPSA) is 3.24 Å². The molecule has 2 heteroatoms. The van der Waals surface area contributed by atoms with Crippen LogP contribution in [0.1, 0.15) is 20.3 Å². The number of nitrogens with zero attached hydrogens (tertiary/aromatic N) is 1. The molecule has 0 saturated carbocycles. The van der Waals surface area contributed by atoms with E-state index in [1.807, 2.05) is 0 Å². The van der Waals surface area contributed by atoms with Crippen molar-refractivity contribution in [2.75, 3.05) is 20.6 Å². The summed E-state index contributed by atoms with van der Waals surface area (Å²) in [7, 11) is 5.66. The minimum Gasteiger partial charge on any atom is -0.309 e. The number of rotatable bonds is 4. The highest BCUT2D eigenvalue weighted by atomic mass is 28.1. The first-order valence-electron chi connectivity index (χ1n) is 4.22. The Labute approximate surface area is 68.2 Å². The highest BCUT2D eigenvalue weighted by molar-refractivity contribution is 6.11. The van der Waals surface area contributed by atoms with Gasteiger partial charge in [0.25, 0.3) is 0 Å². The van der Waals surface area contributed by atoms with Crippen LogP contribution in [0.3, 0.4) is 0 Å². The SMILES string of the molecule is CCC([SiH3])C(C)CN(C)C. The normalized spacial score (nSPS) is 17.7. The van der Waals surface area contributed by atoms with E-state index in [2.05, 4.69) is 32.8 Å². The third kappa shape index (κ3) is 4.07. The molecule has 0 fully saturated rings. The molecule has 0 aliphatic heterocycles. The van der Waals surface area contributed by atoms with E-state index >= 15 is 0 Å². The highest BCUT2D eigenvalue weighted by Crippen LogP contribution is 2.17. The van der Waals surface area contributed by atoms with E-state index in [0.717, 1.165) is 11.5 Å². The van der Waals surface area contributed by atoms with Crippen molar-refractivity contribution in [3.05, 3.63) is 0 Å². The number of hydrogen-bond acceptors (Lipinski definition) is 1. The van der Waals surface area contributed by atoms with Gasteiger partial charge in [-0.1, -0.05) is 25.8 Å². The van der Waals surface area contributed by atoms with Gasteiger partial charge in [-0.05, 0) is 20.0 Å². The van der Waals surface area contributed by atoms with E-state index in [1.54, 1.807) is 0 Å². The van der Waals surface area contributed by atoms with E-state index in [9.17, 15) is 0 Å². The van der Waals surface area contributed by atoms with Crippen molar-refractivity contribution in [1.82, 2.24) is 4.90 Å². The molecule has 10 heavy (non-hydrogen) atoms. The Morgan fingerprint density at radius 3 is 2.20 bits per heavy atom. The van der Waals surface area contributed by atoms with Crippen LogP contribution in [0.2, 0.25) is 5.54 Å². The Bertz CT molecular complexity index is 83.3. The van der Waals surface area contributed by atoms with Crippen LogP contribution in [0.15, 0.2) is 0 Å². The van der Waals surface area contributed by atoms with Crippen LogP contribution in [0.25, 0.3) is 0 Å². The van der Waals surface area contributed by atoms with E-state index in [4.69, 9.17) is 0 Å². The van der Waals surface area contributed by atoms with Gasteiger partial charge < -0.3 is 4.90 Å². The van der Waals surface area contributed by atoms with Crippen LogP contribution in [0.5, 0.6) is 0 Å². The summed E-state index contributed by atoms with van der Waals surface area (Å²) >= 11 is 0. The van der Waals surface area contributed by atoms with E-state index in [-0.39, 0.29) is 0 Å². The molecule has 0 aromatic rings. The summed E-state index contributed by atoms with van der Waals surface area (Å²) in [5.41, 5.74) is 1.00. The minimum absolute atomic E-state index is 0.895. The van der Waals surface area contributed by atoms with Gasteiger partial charge >= 0.3 is 0 Å². The van der Waals surface area contributed by atoms with Crippen molar-refractivity contribution < 1.29 is 0 Å². The summed E-state index contributed by atoms with van der Waals surface area (Å²) in [5.74, 6) is 0.895. The van der Waals surface area contributed by atoms with Gasteiger partial charge in [0, 0.05) is 16.8 Å². The number of hydrogen-bond donors (Lipinski definition) is 0. The van der Waals surface area contributed by atoms with Crippen LogP contribution in [0.4, 0.5) is 0 Å². The Kier molecular flexibility index (Phi) is 5.00. The van der Waals surface area contributed by atoms with Gasteiger partial charge in [0.15, 0.2) is 0 Å². The second-order valence-corrected chi connectivity index (χ2v) is 5.11. The lowest BCUT2D eigenvalue weighted by Gasteiger charge is -2.21. The summed E-state index contributed by atoms with van der Waals surface area (Å²) in [6.45, 7) is 5.91. The van der Waals surface area contributed by atoms with E-state index < -0.39 is 0 Å².